The lowest BCUT2D eigenvalue weighted by Gasteiger charge is -2.25. The van der Waals surface area contributed by atoms with Crippen LogP contribution in [0.5, 0.6) is 17.2 Å². The topological polar surface area (TPSA) is 86.6 Å². The molecule has 4 rings (SSSR count). The van der Waals surface area contributed by atoms with Crippen molar-refractivity contribution in [1.29, 1.82) is 0 Å². The van der Waals surface area contributed by atoms with E-state index in [1.54, 1.807) is 26.0 Å². The normalized spacial score (nSPS) is 15.2. The van der Waals surface area contributed by atoms with Crippen molar-refractivity contribution in [2.75, 3.05) is 34.4 Å². The van der Waals surface area contributed by atoms with E-state index in [4.69, 9.17) is 19.3 Å². The van der Waals surface area contributed by atoms with Gasteiger partial charge in [-0.1, -0.05) is 6.07 Å². The molecule has 1 aliphatic heterocycles. The maximum absolute atomic E-state index is 12.4. The Morgan fingerprint density at radius 2 is 1.81 bits per heavy atom. The molecule has 0 radical (unpaired) electrons. The van der Waals surface area contributed by atoms with Crippen LogP contribution < -0.4 is 24.8 Å². The molecule has 0 unspecified atom stereocenters. The van der Waals surface area contributed by atoms with Gasteiger partial charge in [0.25, 0.3) is 5.91 Å². The largest absolute Gasteiger partial charge is 0.497 e. The van der Waals surface area contributed by atoms with E-state index < -0.39 is 0 Å². The predicted octanol–water partition coefficient (Wildman–Crippen LogP) is 2.65. The average Bonchev–Trinajstić information content (AvgIpc) is 3.27. The molecule has 31 heavy (non-hydrogen) atoms. The maximum Gasteiger partial charge on any atom is 0.269 e. The molecule has 2 heterocycles. The van der Waals surface area contributed by atoms with E-state index >= 15 is 0 Å². The number of amides is 1. The number of hydrogen-bond donors (Lipinski definition) is 2. The van der Waals surface area contributed by atoms with Crippen molar-refractivity contribution >= 4 is 5.91 Å². The Morgan fingerprint density at radius 3 is 2.52 bits per heavy atom. The van der Waals surface area contributed by atoms with E-state index in [0.717, 1.165) is 29.0 Å². The van der Waals surface area contributed by atoms with Crippen LogP contribution in [0.3, 0.4) is 0 Å². The summed E-state index contributed by atoms with van der Waals surface area (Å²) in [6.07, 6.45) is 0.673. The number of nitrogens with zero attached hydrogens (tertiary/aromatic N) is 2. The molecule has 1 aromatic heterocycles. The fourth-order valence-electron chi connectivity index (χ4n) is 3.65. The summed E-state index contributed by atoms with van der Waals surface area (Å²) in [5.41, 5.74) is 3.35. The van der Waals surface area contributed by atoms with Crippen LogP contribution in [0.4, 0.5) is 0 Å². The highest BCUT2D eigenvalue weighted by molar-refractivity contribution is 5.94. The fourth-order valence-corrected chi connectivity index (χ4v) is 3.65. The number of hydrogen-bond acceptors (Lipinski definition) is 6. The number of aromatic nitrogens is 2. The average molecular weight is 422 g/mol. The van der Waals surface area contributed by atoms with Crippen molar-refractivity contribution in [2.45, 2.75) is 12.6 Å². The van der Waals surface area contributed by atoms with Crippen molar-refractivity contribution in [2.24, 2.45) is 0 Å². The molecule has 0 saturated heterocycles. The first-order valence-corrected chi connectivity index (χ1v) is 10.1. The Kier molecular flexibility index (Phi) is 6.08. The van der Waals surface area contributed by atoms with Crippen molar-refractivity contribution < 1.29 is 19.0 Å². The molecule has 0 spiro atoms. The third kappa shape index (κ3) is 4.34. The SMILES string of the molecule is COc1ccc(-c2cc3n(n2)[C@@H](NCCc2ccc(OC)c(OC)c2)CNC3=O)cc1. The standard InChI is InChI=1S/C23H26N4O4/c1-29-17-7-5-16(6-8-17)18-13-19-23(28)25-14-22(27(19)26-18)24-11-10-15-4-9-20(30-2)21(12-15)31-3/h4-9,12-13,22,24H,10-11,14H2,1-3H3,(H,25,28)/t22-/m1/s1. The van der Waals surface area contributed by atoms with Crippen LogP contribution >= 0.6 is 0 Å². The van der Waals surface area contributed by atoms with Gasteiger partial charge in [0.2, 0.25) is 0 Å². The molecule has 8 heteroatoms. The molecular weight excluding hydrogens is 396 g/mol. The summed E-state index contributed by atoms with van der Waals surface area (Å²) in [5, 5.41) is 11.1. The van der Waals surface area contributed by atoms with Crippen LogP contribution in [-0.4, -0.2) is 50.1 Å². The second-order valence-electron chi connectivity index (χ2n) is 7.21. The Balaban J connectivity index is 1.47. The summed E-state index contributed by atoms with van der Waals surface area (Å²) >= 11 is 0. The van der Waals surface area contributed by atoms with Crippen LogP contribution in [0.15, 0.2) is 48.5 Å². The van der Waals surface area contributed by atoms with Gasteiger partial charge < -0.3 is 19.5 Å². The monoisotopic (exact) mass is 422 g/mol. The third-order valence-electron chi connectivity index (χ3n) is 5.35. The molecule has 3 aromatic rings. The van der Waals surface area contributed by atoms with Gasteiger partial charge in [0.1, 0.15) is 17.6 Å². The second kappa shape index (κ2) is 9.09. The molecule has 162 valence electrons. The van der Waals surface area contributed by atoms with E-state index in [1.165, 1.54) is 0 Å². The van der Waals surface area contributed by atoms with Crippen LogP contribution in [0.1, 0.15) is 22.2 Å². The molecule has 2 aromatic carbocycles. The first-order valence-electron chi connectivity index (χ1n) is 10.1. The summed E-state index contributed by atoms with van der Waals surface area (Å²) in [6, 6.07) is 15.4. The quantitative estimate of drug-likeness (QED) is 0.581. The zero-order valence-electron chi connectivity index (χ0n) is 17.8. The Labute approximate surface area is 181 Å². The van der Waals surface area contributed by atoms with Gasteiger partial charge >= 0.3 is 0 Å². The molecule has 0 bridgehead atoms. The van der Waals surface area contributed by atoms with Crippen LogP contribution in [0.2, 0.25) is 0 Å². The van der Waals surface area contributed by atoms with Gasteiger partial charge in [0.05, 0.1) is 33.6 Å². The predicted molar refractivity (Wildman–Crippen MR) is 117 cm³/mol. The number of methoxy groups -OCH3 is 3. The lowest BCUT2D eigenvalue weighted by atomic mass is 10.1. The van der Waals surface area contributed by atoms with Crippen LogP contribution in [0, 0.1) is 0 Å². The summed E-state index contributed by atoms with van der Waals surface area (Å²) in [4.78, 5) is 12.4. The van der Waals surface area contributed by atoms with Crippen molar-refractivity contribution in [1.82, 2.24) is 20.4 Å². The highest BCUT2D eigenvalue weighted by Crippen LogP contribution is 2.28. The van der Waals surface area contributed by atoms with Gasteiger partial charge in [-0.3, -0.25) is 10.1 Å². The fraction of sp³-hybridized carbons (Fsp3) is 0.304. The zero-order chi connectivity index (χ0) is 21.8. The molecule has 2 N–H and O–H groups in total. The third-order valence-corrected chi connectivity index (χ3v) is 5.35. The maximum atomic E-state index is 12.4. The number of carbonyl (C=O) groups excluding carboxylic acids is 1. The Morgan fingerprint density at radius 1 is 1.03 bits per heavy atom. The van der Waals surface area contributed by atoms with Crippen LogP contribution in [0.25, 0.3) is 11.3 Å². The molecule has 1 amide bonds. The highest BCUT2D eigenvalue weighted by atomic mass is 16.5. The second-order valence-corrected chi connectivity index (χ2v) is 7.21. The lowest BCUT2D eigenvalue weighted by Crippen LogP contribution is -2.45. The van der Waals surface area contributed by atoms with Gasteiger partial charge in [-0.2, -0.15) is 5.10 Å². The number of fused-ring (bicyclic) bond motifs is 1. The Bertz CT molecular complexity index is 1060. The Hall–Kier alpha value is -3.52. The van der Waals surface area contributed by atoms with Gasteiger partial charge in [-0.25, -0.2) is 4.68 Å². The number of nitrogens with one attached hydrogen (secondary N) is 2. The smallest absolute Gasteiger partial charge is 0.269 e. The van der Waals surface area contributed by atoms with Gasteiger partial charge in [-0.15, -0.1) is 0 Å². The first-order chi connectivity index (χ1) is 15.1. The van der Waals surface area contributed by atoms with E-state index in [1.807, 2.05) is 48.5 Å². The summed E-state index contributed by atoms with van der Waals surface area (Å²) in [5.74, 6) is 2.08. The van der Waals surface area contributed by atoms with E-state index in [2.05, 4.69) is 10.6 Å². The number of rotatable bonds is 8. The summed E-state index contributed by atoms with van der Waals surface area (Å²) < 4.78 is 17.7. The number of ether oxygens (including phenoxy) is 3. The molecule has 0 fully saturated rings. The molecule has 0 saturated carbocycles. The minimum Gasteiger partial charge on any atom is -0.497 e. The molecule has 1 atom stereocenters. The van der Waals surface area contributed by atoms with Crippen molar-refractivity contribution in [3.8, 4) is 28.5 Å². The number of benzene rings is 2. The number of carbonyl (C=O) groups is 1. The van der Waals surface area contributed by atoms with Crippen molar-refractivity contribution in [3.63, 3.8) is 0 Å². The highest BCUT2D eigenvalue weighted by Gasteiger charge is 2.27. The zero-order valence-corrected chi connectivity index (χ0v) is 17.8. The molecule has 8 nitrogen and oxygen atoms in total. The van der Waals surface area contributed by atoms with E-state index in [-0.39, 0.29) is 12.1 Å². The van der Waals surface area contributed by atoms with Gasteiger partial charge in [0.15, 0.2) is 11.5 Å². The molecular formula is C23H26N4O4. The molecule has 0 aliphatic carbocycles. The minimum atomic E-state index is -0.125. The summed E-state index contributed by atoms with van der Waals surface area (Å²) in [6.45, 7) is 1.19. The molecule has 1 aliphatic rings. The van der Waals surface area contributed by atoms with Gasteiger partial charge in [0, 0.05) is 12.1 Å². The van der Waals surface area contributed by atoms with Crippen LogP contribution in [-0.2, 0) is 6.42 Å². The van der Waals surface area contributed by atoms with Gasteiger partial charge in [-0.05, 0) is 54.4 Å². The van der Waals surface area contributed by atoms with E-state index in [9.17, 15) is 4.79 Å². The van der Waals surface area contributed by atoms with E-state index in [0.29, 0.717) is 30.3 Å². The first kappa shape index (κ1) is 20.7. The lowest BCUT2D eigenvalue weighted by molar-refractivity contribution is 0.0901. The minimum absolute atomic E-state index is 0.120. The van der Waals surface area contributed by atoms with Crippen molar-refractivity contribution in [3.05, 3.63) is 59.8 Å². The summed E-state index contributed by atoms with van der Waals surface area (Å²) in [7, 11) is 4.88.